The molecule has 0 N–H and O–H groups in total. The minimum Gasteiger partial charge on any atom is -0.324 e. The fourth-order valence-electron chi connectivity index (χ4n) is 4.04. The van der Waals surface area contributed by atoms with E-state index in [1.54, 1.807) is 0 Å². The molecule has 0 aliphatic rings. The second-order valence-electron chi connectivity index (χ2n) is 8.44. The summed E-state index contributed by atoms with van der Waals surface area (Å²) < 4.78 is 2.35. The fraction of sp³-hybridized carbons (Fsp3) is 0.250. The maximum Gasteiger partial charge on any atom is 0.117 e. The first-order valence-corrected chi connectivity index (χ1v) is 10.9. The van der Waals surface area contributed by atoms with E-state index in [0.717, 1.165) is 24.3 Å². The lowest BCUT2D eigenvalue weighted by Crippen LogP contribution is -2.08. The van der Waals surface area contributed by atoms with Gasteiger partial charge in [0, 0.05) is 12.5 Å². The van der Waals surface area contributed by atoms with Gasteiger partial charge in [-0.05, 0) is 41.2 Å². The molecule has 1 heterocycles. The van der Waals surface area contributed by atoms with Gasteiger partial charge in [0.15, 0.2) is 0 Å². The van der Waals surface area contributed by atoms with Crippen LogP contribution in [-0.2, 0) is 13.0 Å². The number of rotatable bonds is 7. The predicted octanol–water partition coefficient (Wildman–Crippen LogP) is 7.10. The lowest BCUT2D eigenvalue weighted by molar-refractivity contribution is 0.646. The summed E-state index contributed by atoms with van der Waals surface area (Å²) in [6.07, 6.45) is 5.53. The van der Waals surface area contributed by atoms with E-state index in [1.165, 1.54) is 22.2 Å². The van der Waals surface area contributed by atoms with Crippen LogP contribution in [0.25, 0.3) is 17.1 Å². The molecule has 1 unspecified atom stereocenters. The summed E-state index contributed by atoms with van der Waals surface area (Å²) in [6, 6.07) is 28.0. The average Bonchev–Trinajstić information content (AvgIpc) is 3.13. The number of aromatic nitrogens is 2. The number of hydrogen-bond acceptors (Lipinski definition) is 1. The fourth-order valence-corrected chi connectivity index (χ4v) is 4.04. The molecular formula is C28H30N2. The Morgan fingerprint density at radius 1 is 0.833 bits per heavy atom. The third-order valence-electron chi connectivity index (χ3n) is 5.59. The maximum atomic E-state index is 5.01. The molecule has 4 aromatic rings. The van der Waals surface area contributed by atoms with Gasteiger partial charge < -0.3 is 4.57 Å². The Morgan fingerprint density at radius 2 is 1.53 bits per heavy atom. The zero-order valence-corrected chi connectivity index (χ0v) is 18.1. The summed E-state index contributed by atoms with van der Waals surface area (Å²) in [5, 5.41) is 0. The van der Waals surface area contributed by atoms with Gasteiger partial charge in [-0.25, -0.2) is 4.98 Å². The molecule has 152 valence electrons. The van der Waals surface area contributed by atoms with Crippen LogP contribution >= 0.6 is 0 Å². The summed E-state index contributed by atoms with van der Waals surface area (Å²) in [5.41, 5.74) is 6.18. The van der Waals surface area contributed by atoms with Crippen molar-refractivity contribution in [3.8, 4) is 0 Å². The molecule has 1 aromatic heterocycles. The molecule has 0 spiro atoms. The topological polar surface area (TPSA) is 17.8 Å². The Labute approximate surface area is 179 Å². The highest BCUT2D eigenvalue weighted by Gasteiger charge is 2.17. The Bertz CT molecular complexity index is 1120. The zero-order chi connectivity index (χ0) is 20.9. The number of hydrogen-bond donors (Lipinski definition) is 0. The number of imidazole rings is 1. The first kappa shape index (κ1) is 20.2. The number of nitrogens with zero attached hydrogens (tertiary/aromatic N) is 2. The maximum absolute atomic E-state index is 5.01. The van der Waals surface area contributed by atoms with Crippen LogP contribution < -0.4 is 0 Å². The van der Waals surface area contributed by atoms with E-state index in [9.17, 15) is 0 Å². The predicted molar refractivity (Wildman–Crippen MR) is 128 cm³/mol. The normalized spacial score (nSPS) is 12.8. The quantitative estimate of drug-likeness (QED) is 0.327. The van der Waals surface area contributed by atoms with E-state index in [0.29, 0.717) is 5.92 Å². The number of fused-ring (bicyclic) bond motifs is 1. The molecule has 0 amide bonds. The average molecular weight is 395 g/mol. The standard InChI is InChI=1S/C28H30N2/c1-21(2)20-24-15-17-25(18-16-24)22(3)28-29-26-13-7-8-14-27(26)30(28)19-9-12-23-10-5-4-6-11-23/h4-18,21-22H,19-20H2,1-3H3/b12-9-. The van der Waals surface area contributed by atoms with E-state index in [4.69, 9.17) is 4.98 Å². The van der Waals surface area contributed by atoms with Crippen molar-refractivity contribution < 1.29 is 0 Å². The van der Waals surface area contributed by atoms with Crippen molar-refractivity contribution in [3.63, 3.8) is 0 Å². The highest BCUT2D eigenvalue weighted by molar-refractivity contribution is 5.76. The highest BCUT2D eigenvalue weighted by Crippen LogP contribution is 2.28. The van der Waals surface area contributed by atoms with Gasteiger partial charge in [0.2, 0.25) is 0 Å². The highest BCUT2D eigenvalue weighted by atomic mass is 15.1. The molecule has 0 radical (unpaired) electrons. The summed E-state index contributed by atoms with van der Waals surface area (Å²) in [4.78, 5) is 5.01. The van der Waals surface area contributed by atoms with Crippen LogP contribution in [0, 0.1) is 5.92 Å². The largest absolute Gasteiger partial charge is 0.324 e. The Hall–Kier alpha value is -3.13. The molecule has 0 saturated heterocycles. The monoisotopic (exact) mass is 394 g/mol. The third-order valence-corrected chi connectivity index (χ3v) is 5.59. The SMILES string of the molecule is CC(C)Cc1ccc(C(C)c2nc3ccccc3n2C/C=C\c2ccccc2)cc1. The molecule has 4 rings (SSSR count). The molecule has 30 heavy (non-hydrogen) atoms. The summed E-state index contributed by atoms with van der Waals surface area (Å²) in [7, 11) is 0. The van der Waals surface area contributed by atoms with Gasteiger partial charge in [-0.1, -0.05) is 99.7 Å². The smallest absolute Gasteiger partial charge is 0.117 e. The van der Waals surface area contributed by atoms with Crippen LogP contribution in [-0.4, -0.2) is 9.55 Å². The molecule has 0 bridgehead atoms. The third kappa shape index (κ3) is 4.54. The zero-order valence-electron chi connectivity index (χ0n) is 18.1. The molecule has 0 aliphatic heterocycles. The molecular weight excluding hydrogens is 364 g/mol. The van der Waals surface area contributed by atoms with E-state index in [1.807, 2.05) is 6.07 Å². The minimum atomic E-state index is 0.232. The number of allylic oxidation sites excluding steroid dienone is 1. The van der Waals surface area contributed by atoms with Crippen LogP contribution in [0.3, 0.4) is 0 Å². The van der Waals surface area contributed by atoms with Crippen molar-refractivity contribution in [2.24, 2.45) is 5.92 Å². The van der Waals surface area contributed by atoms with Crippen molar-refractivity contribution in [2.75, 3.05) is 0 Å². The van der Waals surface area contributed by atoms with Gasteiger partial charge in [-0.2, -0.15) is 0 Å². The van der Waals surface area contributed by atoms with Crippen molar-refractivity contribution >= 4 is 17.1 Å². The second kappa shape index (κ2) is 9.13. The van der Waals surface area contributed by atoms with Crippen molar-refractivity contribution in [3.05, 3.63) is 107 Å². The summed E-state index contributed by atoms with van der Waals surface area (Å²) in [6.45, 7) is 7.60. The van der Waals surface area contributed by atoms with E-state index in [-0.39, 0.29) is 5.92 Å². The molecule has 2 heteroatoms. The van der Waals surface area contributed by atoms with E-state index in [2.05, 4.69) is 110 Å². The van der Waals surface area contributed by atoms with Gasteiger partial charge in [-0.3, -0.25) is 0 Å². The number of para-hydroxylation sites is 2. The second-order valence-corrected chi connectivity index (χ2v) is 8.44. The summed E-state index contributed by atoms with van der Waals surface area (Å²) in [5.74, 6) is 2.02. The summed E-state index contributed by atoms with van der Waals surface area (Å²) >= 11 is 0. The van der Waals surface area contributed by atoms with Crippen molar-refractivity contribution in [1.82, 2.24) is 9.55 Å². The first-order valence-electron chi connectivity index (χ1n) is 10.9. The molecule has 0 saturated carbocycles. The van der Waals surface area contributed by atoms with Crippen LogP contribution in [0.5, 0.6) is 0 Å². The van der Waals surface area contributed by atoms with Gasteiger partial charge >= 0.3 is 0 Å². The molecule has 1 atom stereocenters. The Kier molecular flexibility index (Phi) is 6.13. The first-order chi connectivity index (χ1) is 14.6. The van der Waals surface area contributed by atoms with Crippen LogP contribution in [0.1, 0.15) is 49.2 Å². The molecule has 0 aliphatic carbocycles. The molecule has 0 fully saturated rings. The molecule has 2 nitrogen and oxygen atoms in total. The van der Waals surface area contributed by atoms with Crippen LogP contribution in [0.2, 0.25) is 0 Å². The van der Waals surface area contributed by atoms with E-state index < -0.39 is 0 Å². The van der Waals surface area contributed by atoms with Gasteiger partial charge in [-0.15, -0.1) is 0 Å². The lowest BCUT2D eigenvalue weighted by atomic mass is 9.96. The van der Waals surface area contributed by atoms with E-state index >= 15 is 0 Å². The number of benzene rings is 3. The Balaban J connectivity index is 1.64. The van der Waals surface area contributed by atoms with Gasteiger partial charge in [0.25, 0.3) is 0 Å². The van der Waals surface area contributed by atoms with Gasteiger partial charge in [0.05, 0.1) is 11.0 Å². The van der Waals surface area contributed by atoms with Crippen molar-refractivity contribution in [2.45, 2.75) is 39.7 Å². The van der Waals surface area contributed by atoms with Crippen LogP contribution in [0.4, 0.5) is 0 Å². The van der Waals surface area contributed by atoms with Crippen molar-refractivity contribution in [1.29, 1.82) is 0 Å². The lowest BCUT2D eigenvalue weighted by Gasteiger charge is -2.15. The van der Waals surface area contributed by atoms with Gasteiger partial charge in [0.1, 0.15) is 5.82 Å². The molecule has 3 aromatic carbocycles. The minimum absolute atomic E-state index is 0.232. The van der Waals surface area contributed by atoms with Crippen LogP contribution in [0.15, 0.2) is 84.9 Å². The Morgan fingerprint density at radius 3 is 2.27 bits per heavy atom.